The molecule has 0 radical (unpaired) electrons. The second kappa shape index (κ2) is 24.1. The van der Waals surface area contributed by atoms with Gasteiger partial charge in [0.2, 0.25) is 11.8 Å². The van der Waals surface area contributed by atoms with Crippen LogP contribution >= 0.6 is 0 Å². The van der Waals surface area contributed by atoms with Crippen molar-refractivity contribution < 1.29 is 34.2 Å². The predicted octanol–water partition coefficient (Wildman–Crippen LogP) is 4.64. The van der Waals surface area contributed by atoms with Crippen molar-refractivity contribution >= 4 is 29.5 Å². The number of carboxylic acids is 2. The predicted molar refractivity (Wildman–Crippen MR) is 156 cm³/mol. The molecule has 10 heteroatoms. The molecule has 0 aliphatic heterocycles. The second-order valence-corrected chi connectivity index (χ2v) is 10.7. The lowest BCUT2D eigenvalue weighted by molar-refractivity contribution is -0.142. The Bertz CT molecular complexity index is 785. The van der Waals surface area contributed by atoms with Crippen LogP contribution in [0.15, 0.2) is 12.2 Å². The van der Waals surface area contributed by atoms with E-state index in [-0.39, 0.29) is 43.3 Å². The molecule has 0 aliphatic carbocycles. The van der Waals surface area contributed by atoms with E-state index < -0.39 is 24.0 Å². The molecule has 6 N–H and O–H groups in total. The molecule has 0 aliphatic rings. The van der Waals surface area contributed by atoms with Crippen molar-refractivity contribution in [3.05, 3.63) is 12.2 Å². The van der Waals surface area contributed by atoms with E-state index in [9.17, 15) is 29.1 Å². The molecule has 10 nitrogen and oxygen atoms in total. The van der Waals surface area contributed by atoms with Gasteiger partial charge in [0.05, 0.1) is 6.04 Å². The van der Waals surface area contributed by atoms with Crippen LogP contribution < -0.4 is 16.4 Å². The molecule has 0 rings (SSSR count). The highest BCUT2D eigenvalue weighted by Crippen LogP contribution is 2.13. The highest BCUT2D eigenvalue weighted by atomic mass is 16.4. The van der Waals surface area contributed by atoms with Crippen molar-refractivity contribution in [1.82, 2.24) is 10.6 Å². The van der Waals surface area contributed by atoms with Crippen molar-refractivity contribution in [2.75, 3.05) is 6.54 Å². The highest BCUT2D eigenvalue weighted by Gasteiger charge is 2.21. The minimum atomic E-state index is -1.16. The molecule has 0 heterocycles. The minimum absolute atomic E-state index is 0.00434. The van der Waals surface area contributed by atoms with Gasteiger partial charge in [-0.2, -0.15) is 0 Å². The Balaban J connectivity index is 3.81. The average molecular weight is 568 g/mol. The fourth-order valence-corrected chi connectivity index (χ4v) is 4.38. The summed E-state index contributed by atoms with van der Waals surface area (Å²) in [6.07, 6.45) is 14.9. The van der Waals surface area contributed by atoms with Crippen LogP contribution in [0.5, 0.6) is 0 Å². The number of unbranched alkanes of at least 4 members (excludes halogenated alkanes) is 12. The summed E-state index contributed by atoms with van der Waals surface area (Å²) in [7, 11) is 0. The van der Waals surface area contributed by atoms with Crippen molar-refractivity contribution in [3.63, 3.8) is 0 Å². The zero-order chi connectivity index (χ0) is 30.2. The third-order valence-electron chi connectivity index (χ3n) is 6.86. The Morgan fingerprint density at radius 3 is 1.65 bits per heavy atom. The lowest BCUT2D eigenvalue weighted by Gasteiger charge is -2.14. The maximum absolute atomic E-state index is 12.2. The van der Waals surface area contributed by atoms with E-state index >= 15 is 0 Å². The van der Waals surface area contributed by atoms with Crippen molar-refractivity contribution in [3.8, 4) is 0 Å². The Kier molecular flexibility index (Phi) is 22.4. The number of nitrogens with one attached hydrogen (secondary N) is 2. The van der Waals surface area contributed by atoms with E-state index in [2.05, 4.69) is 17.2 Å². The third-order valence-corrected chi connectivity index (χ3v) is 6.86. The number of carbonyl (C=O) groups excluding carboxylic acids is 3. The number of hydrogen-bond donors (Lipinski definition) is 5. The summed E-state index contributed by atoms with van der Waals surface area (Å²) < 4.78 is 0. The molecule has 0 unspecified atom stereocenters. The van der Waals surface area contributed by atoms with Crippen LogP contribution in [0.4, 0.5) is 0 Å². The molecule has 0 fully saturated rings. The molecule has 0 saturated carbocycles. The number of carboxylic acid groups (broad SMARTS) is 2. The zero-order valence-electron chi connectivity index (χ0n) is 24.5. The number of ketones is 1. The third kappa shape index (κ3) is 22.1. The normalized spacial score (nSPS) is 12.3. The lowest BCUT2D eigenvalue weighted by Crippen LogP contribution is -2.41. The second-order valence-electron chi connectivity index (χ2n) is 10.7. The summed E-state index contributed by atoms with van der Waals surface area (Å²) in [6, 6.07) is -1.68. The van der Waals surface area contributed by atoms with Crippen LogP contribution in [0.25, 0.3) is 0 Å². The average Bonchev–Trinajstić information content (AvgIpc) is 2.89. The lowest BCUT2D eigenvalue weighted by atomic mass is 10.0. The quantitative estimate of drug-likeness (QED) is 0.0704. The fraction of sp³-hybridized carbons (Fsp3) is 0.767. The van der Waals surface area contributed by atoms with Crippen molar-refractivity contribution in [2.24, 2.45) is 5.73 Å². The number of rotatable bonds is 27. The first kappa shape index (κ1) is 37.2. The van der Waals surface area contributed by atoms with Gasteiger partial charge in [-0.15, -0.1) is 0 Å². The number of carbonyl (C=O) groups is 5. The highest BCUT2D eigenvalue weighted by molar-refractivity contribution is 5.98. The number of hydrogen-bond acceptors (Lipinski definition) is 6. The molecule has 40 heavy (non-hydrogen) atoms. The Hall–Kier alpha value is -2.75. The van der Waals surface area contributed by atoms with Gasteiger partial charge in [0.25, 0.3) is 0 Å². The van der Waals surface area contributed by atoms with Crippen molar-refractivity contribution in [1.29, 1.82) is 0 Å². The summed E-state index contributed by atoms with van der Waals surface area (Å²) in [5, 5.41) is 23.3. The number of aliphatic carboxylic acids is 2. The van der Waals surface area contributed by atoms with Crippen LogP contribution in [-0.2, 0) is 24.0 Å². The van der Waals surface area contributed by atoms with Crippen LogP contribution in [0.2, 0.25) is 0 Å². The summed E-state index contributed by atoms with van der Waals surface area (Å²) in [5.41, 5.74) is 6.23. The maximum atomic E-state index is 12.2. The standard InChI is InChI=1S/C30H53N3O7/c1-23(2)29(38)24(31)17-15-16-22-32-26(34)21-20-25(30(39)40)33-27(35)18-13-11-9-7-5-3-4-6-8-10-12-14-19-28(36)37/h24-25H,1,3-22,31H2,2H3,(H,32,34)(H,33,35)(H,36,37)(H,39,40)/t24-,25-/m0/s1. The van der Waals surface area contributed by atoms with E-state index in [1.807, 2.05) is 0 Å². The van der Waals surface area contributed by atoms with E-state index in [0.29, 0.717) is 37.8 Å². The van der Waals surface area contributed by atoms with Gasteiger partial charge in [0.1, 0.15) is 6.04 Å². The van der Waals surface area contributed by atoms with Gasteiger partial charge in [-0.25, -0.2) is 4.79 Å². The summed E-state index contributed by atoms with van der Waals surface area (Å²) >= 11 is 0. The van der Waals surface area contributed by atoms with Gasteiger partial charge in [-0.1, -0.05) is 70.8 Å². The largest absolute Gasteiger partial charge is 0.481 e. The van der Waals surface area contributed by atoms with Crippen LogP contribution in [0.1, 0.15) is 129 Å². The van der Waals surface area contributed by atoms with Crippen LogP contribution in [0, 0.1) is 0 Å². The Labute approximate surface area is 239 Å². The molecular weight excluding hydrogens is 514 g/mol. The summed E-state index contributed by atoms with van der Waals surface area (Å²) in [6.45, 7) is 5.63. The first-order valence-electron chi connectivity index (χ1n) is 15.0. The summed E-state index contributed by atoms with van der Waals surface area (Å²) in [4.78, 5) is 57.9. The topological polar surface area (TPSA) is 176 Å². The molecule has 0 spiro atoms. The molecule has 0 aromatic rings. The first-order chi connectivity index (χ1) is 19.0. The van der Waals surface area contributed by atoms with Crippen LogP contribution in [0.3, 0.4) is 0 Å². The monoisotopic (exact) mass is 567 g/mol. The SMILES string of the molecule is C=C(C)C(=O)[C@@H](N)CCCCNC(=O)CC[C@H](NC(=O)CCCCCCCCCCCCCCC(=O)O)C(=O)O. The molecule has 0 saturated heterocycles. The van der Waals surface area contributed by atoms with Gasteiger partial charge in [0, 0.05) is 25.8 Å². The van der Waals surface area contributed by atoms with Gasteiger partial charge < -0.3 is 26.6 Å². The molecule has 0 bridgehead atoms. The molecule has 0 aromatic heterocycles. The van der Waals surface area contributed by atoms with Gasteiger partial charge in [0.15, 0.2) is 5.78 Å². The van der Waals surface area contributed by atoms with Crippen molar-refractivity contribution in [2.45, 2.75) is 141 Å². The number of amides is 2. The van der Waals surface area contributed by atoms with Gasteiger partial charge in [-0.3, -0.25) is 19.2 Å². The smallest absolute Gasteiger partial charge is 0.326 e. The summed E-state index contributed by atoms with van der Waals surface area (Å²) in [5.74, 6) is -2.62. The van der Waals surface area contributed by atoms with Gasteiger partial charge >= 0.3 is 11.9 Å². The van der Waals surface area contributed by atoms with E-state index in [1.54, 1.807) is 6.92 Å². The van der Waals surface area contributed by atoms with Crippen LogP contribution in [-0.4, -0.2) is 58.4 Å². The Morgan fingerprint density at radius 1 is 0.675 bits per heavy atom. The molecule has 230 valence electrons. The molecule has 2 amide bonds. The number of nitrogens with two attached hydrogens (primary N) is 1. The zero-order valence-corrected chi connectivity index (χ0v) is 24.5. The Morgan fingerprint density at radius 2 is 1.18 bits per heavy atom. The molecule has 0 aromatic carbocycles. The minimum Gasteiger partial charge on any atom is -0.481 e. The molecular formula is C30H53N3O7. The first-order valence-corrected chi connectivity index (χ1v) is 15.0. The number of Topliss-reactive ketones (excluding diaryl/α,β-unsaturated/α-hetero) is 1. The van der Waals surface area contributed by atoms with E-state index in [0.717, 1.165) is 51.4 Å². The molecule has 2 atom stereocenters. The fourth-order valence-electron chi connectivity index (χ4n) is 4.38. The van der Waals surface area contributed by atoms with Gasteiger partial charge in [-0.05, 0) is 51.0 Å². The van der Waals surface area contributed by atoms with E-state index in [1.165, 1.54) is 19.3 Å². The van der Waals surface area contributed by atoms with E-state index in [4.69, 9.17) is 10.8 Å². The maximum Gasteiger partial charge on any atom is 0.326 e.